The molecule has 0 saturated heterocycles. The first kappa shape index (κ1) is 11.7. The fourth-order valence-electron chi connectivity index (χ4n) is 0.762. The molecule has 80 valence electrons. The van der Waals surface area contributed by atoms with Gasteiger partial charge in [0.05, 0.1) is 10.6 Å². The Balaban J connectivity index is 2.74. The zero-order valence-electron chi connectivity index (χ0n) is 7.67. The maximum absolute atomic E-state index is 11.3. The molecular formula is C8H7Cl2N3O2. The average Bonchev–Trinajstić information content (AvgIpc) is 2.18. The smallest absolute Gasteiger partial charge is 0.271 e. The van der Waals surface area contributed by atoms with Crippen molar-refractivity contribution in [3.63, 3.8) is 0 Å². The van der Waals surface area contributed by atoms with Gasteiger partial charge in [0.15, 0.2) is 0 Å². The molecule has 0 fully saturated rings. The van der Waals surface area contributed by atoms with Crippen LogP contribution in [0, 0.1) is 0 Å². The lowest BCUT2D eigenvalue weighted by Gasteiger charge is -2.04. The van der Waals surface area contributed by atoms with Crippen molar-refractivity contribution in [3.8, 4) is 0 Å². The Morgan fingerprint density at radius 3 is 2.53 bits per heavy atom. The molecule has 1 rings (SSSR count). The quantitative estimate of drug-likeness (QED) is 0.578. The molecule has 0 spiro atoms. The highest BCUT2D eigenvalue weighted by molar-refractivity contribution is 6.41. The zero-order chi connectivity index (χ0) is 11.4. The van der Waals surface area contributed by atoms with Crippen molar-refractivity contribution < 1.29 is 9.59 Å². The number of rotatable bonds is 1. The van der Waals surface area contributed by atoms with Crippen LogP contribution in [-0.2, 0) is 4.79 Å². The van der Waals surface area contributed by atoms with Crippen LogP contribution in [0.1, 0.15) is 17.3 Å². The van der Waals surface area contributed by atoms with Crippen LogP contribution < -0.4 is 10.9 Å². The summed E-state index contributed by atoms with van der Waals surface area (Å²) in [7, 11) is 0. The van der Waals surface area contributed by atoms with Crippen LogP contribution in [0.2, 0.25) is 10.2 Å². The summed E-state index contributed by atoms with van der Waals surface area (Å²) in [6.45, 7) is 1.27. The number of hydrogen-bond acceptors (Lipinski definition) is 3. The van der Waals surface area contributed by atoms with Gasteiger partial charge in [-0.3, -0.25) is 20.4 Å². The van der Waals surface area contributed by atoms with Crippen molar-refractivity contribution in [3.05, 3.63) is 28.0 Å². The van der Waals surface area contributed by atoms with Gasteiger partial charge in [-0.1, -0.05) is 23.2 Å². The molecule has 0 bridgehead atoms. The van der Waals surface area contributed by atoms with Gasteiger partial charge in [-0.2, -0.15) is 0 Å². The van der Waals surface area contributed by atoms with E-state index in [1.807, 2.05) is 0 Å². The standard InChI is InChI=1S/C8H7Cl2N3O2/c1-4(14)12-13-8(15)5-2-6(9)7(10)11-3-5/h2-3H,1H3,(H,12,14)(H,13,15). The van der Waals surface area contributed by atoms with Crippen LogP contribution in [0.15, 0.2) is 12.3 Å². The van der Waals surface area contributed by atoms with Crippen LogP contribution in [-0.4, -0.2) is 16.8 Å². The van der Waals surface area contributed by atoms with E-state index in [2.05, 4.69) is 15.8 Å². The van der Waals surface area contributed by atoms with Gasteiger partial charge in [0.2, 0.25) is 5.91 Å². The number of pyridine rings is 1. The van der Waals surface area contributed by atoms with Crippen LogP contribution in [0.4, 0.5) is 0 Å². The summed E-state index contributed by atoms with van der Waals surface area (Å²) in [5.41, 5.74) is 4.51. The van der Waals surface area contributed by atoms with Gasteiger partial charge in [-0.25, -0.2) is 4.98 Å². The Hall–Kier alpha value is -1.33. The van der Waals surface area contributed by atoms with E-state index in [0.29, 0.717) is 0 Å². The fraction of sp³-hybridized carbons (Fsp3) is 0.125. The third-order valence-corrected chi connectivity index (χ3v) is 2.10. The number of hydrazine groups is 1. The predicted molar refractivity (Wildman–Crippen MR) is 55.5 cm³/mol. The number of halogens is 2. The minimum absolute atomic E-state index is 0.118. The number of carbonyl (C=O) groups excluding carboxylic acids is 2. The topological polar surface area (TPSA) is 71.1 Å². The first-order chi connectivity index (χ1) is 7.00. The lowest BCUT2D eigenvalue weighted by Crippen LogP contribution is -2.40. The first-order valence-corrected chi connectivity index (χ1v) is 4.64. The number of nitrogens with one attached hydrogen (secondary N) is 2. The van der Waals surface area contributed by atoms with Crippen molar-refractivity contribution in [2.75, 3.05) is 0 Å². The van der Waals surface area contributed by atoms with Crippen LogP contribution in [0.25, 0.3) is 0 Å². The van der Waals surface area contributed by atoms with Crippen LogP contribution >= 0.6 is 23.2 Å². The Morgan fingerprint density at radius 1 is 1.33 bits per heavy atom. The van der Waals surface area contributed by atoms with E-state index in [4.69, 9.17) is 23.2 Å². The van der Waals surface area contributed by atoms with E-state index < -0.39 is 5.91 Å². The van der Waals surface area contributed by atoms with Gasteiger partial charge in [0, 0.05) is 13.1 Å². The van der Waals surface area contributed by atoms with E-state index in [9.17, 15) is 9.59 Å². The molecule has 0 atom stereocenters. The number of amides is 2. The van der Waals surface area contributed by atoms with Crippen molar-refractivity contribution in [2.24, 2.45) is 0 Å². The normalized spacial score (nSPS) is 9.53. The molecule has 0 aliphatic rings. The molecule has 1 aromatic rings. The molecule has 15 heavy (non-hydrogen) atoms. The van der Waals surface area contributed by atoms with Crippen LogP contribution in [0.5, 0.6) is 0 Å². The molecule has 0 radical (unpaired) electrons. The van der Waals surface area contributed by atoms with Crippen molar-refractivity contribution in [1.82, 2.24) is 15.8 Å². The zero-order valence-corrected chi connectivity index (χ0v) is 9.19. The Kier molecular flexibility index (Phi) is 3.88. The van der Waals surface area contributed by atoms with Gasteiger partial charge < -0.3 is 0 Å². The minimum atomic E-state index is -0.517. The molecule has 2 N–H and O–H groups in total. The molecule has 5 nitrogen and oxygen atoms in total. The third-order valence-electron chi connectivity index (χ3n) is 1.41. The summed E-state index contributed by atoms with van der Waals surface area (Å²) in [6.07, 6.45) is 1.26. The Bertz CT molecular complexity index is 409. The highest BCUT2D eigenvalue weighted by atomic mass is 35.5. The average molecular weight is 248 g/mol. The number of hydrogen-bond donors (Lipinski definition) is 2. The second-order valence-corrected chi connectivity index (χ2v) is 3.40. The molecule has 0 saturated carbocycles. The number of nitrogens with zero attached hydrogens (tertiary/aromatic N) is 1. The highest BCUT2D eigenvalue weighted by Crippen LogP contribution is 2.19. The molecule has 1 heterocycles. The third kappa shape index (κ3) is 3.38. The summed E-state index contributed by atoms with van der Waals surface area (Å²) in [4.78, 5) is 25.5. The Labute approximate surface area is 95.7 Å². The molecule has 0 aliphatic heterocycles. The van der Waals surface area contributed by atoms with Gasteiger partial charge in [-0.15, -0.1) is 0 Å². The molecule has 7 heteroatoms. The number of aromatic nitrogens is 1. The molecule has 0 aromatic carbocycles. The second kappa shape index (κ2) is 4.95. The van der Waals surface area contributed by atoms with E-state index in [1.165, 1.54) is 19.2 Å². The van der Waals surface area contributed by atoms with Gasteiger partial charge >= 0.3 is 0 Å². The van der Waals surface area contributed by atoms with E-state index in [-0.39, 0.29) is 21.6 Å². The van der Waals surface area contributed by atoms with Crippen molar-refractivity contribution in [2.45, 2.75) is 6.92 Å². The van der Waals surface area contributed by atoms with Gasteiger partial charge in [0.1, 0.15) is 5.15 Å². The van der Waals surface area contributed by atoms with Crippen molar-refractivity contribution in [1.29, 1.82) is 0 Å². The highest BCUT2D eigenvalue weighted by Gasteiger charge is 2.08. The summed E-state index contributed by atoms with van der Waals surface area (Å²) in [6, 6.07) is 1.36. The molecule has 0 aliphatic carbocycles. The molecule has 1 aromatic heterocycles. The maximum Gasteiger partial charge on any atom is 0.271 e. The SMILES string of the molecule is CC(=O)NNC(=O)c1cnc(Cl)c(Cl)c1. The lowest BCUT2D eigenvalue weighted by atomic mass is 10.3. The van der Waals surface area contributed by atoms with Crippen molar-refractivity contribution >= 4 is 35.0 Å². The summed E-state index contributed by atoms with van der Waals surface area (Å²) in [5, 5.41) is 0.292. The fourth-order valence-corrected chi connectivity index (χ4v) is 1.03. The molecular weight excluding hydrogens is 241 g/mol. The predicted octanol–water partition coefficient (Wildman–Crippen LogP) is 1.17. The summed E-state index contributed by atoms with van der Waals surface area (Å²) >= 11 is 11.2. The lowest BCUT2D eigenvalue weighted by molar-refractivity contribution is -0.119. The Morgan fingerprint density at radius 2 is 2.00 bits per heavy atom. The van der Waals surface area contributed by atoms with E-state index >= 15 is 0 Å². The summed E-state index contributed by atoms with van der Waals surface area (Å²) < 4.78 is 0. The molecule has 0 unspecified atom stereocenters. The van der Waals surface area contributed by atoms with E-state index in [1.54, 1.807) is 0 Å². The minimum Gasteiger partial charge on any atom is -0.274 e. The van der Waals surface area contributed by atoms with E-state index in [0.717, 1.165) is 0 Å². The number of carbonyl (C=O) groups is 2. The largest absolute Gasteiger partial charge is 0.274 e. The van der Waals surface area contributed by atoms with Gasteiger partial charge in [0.25, 0.3) is 5.91 Å². The monoisotopic (exact) mass is 247 g/mol. The van der Waals surface area contributed by atoms with Crippen LogP contribution in [0.3, 0.4) is 0 Å². The second-order valence-electron chi connectivity index (χ2n) is 2.63. The maximum atomic E-state index is 11.3. The molecule has 2 amide bonds. The summed E-state index contributed by atoms with van der Waals surface area (Å²) in [5.74, 6) is -0.896. The van der Waals surface area contributed by atoms with Gasteiger partial charge in [-0.05, 0) is 6.07 Å². The first-order valence-electron chi connectivity index (χ1n) is 3.88.